The summed E-state index contributed by atoms with van der Waals surface area (Å²) in [4.78, 5) is 11.5. The van der Waals surface area contributed by atoms with Gasteiger partial charge in [-0.1, -0.05) is 82.4 Å². The monoisotopic (exact) mass is 799 g/mol. The average Bonchev–Trinajstić information content (AvgIpc) is 3.66. The van der Waals surface area contributed by atoms with Crippen LogP contribution in [0.1, 0.15) is 50.7 Å². The summed E-state index contributed by atoms with van der Waals surface area (Å²) in [6.45, 7) is 16.3. The van der Waals surface area contributed by atoms with Gasteiger partial charge in [0.1, 0.15) is 0 Å². The van der Waals surface area contributed by atoms with Gasteiger partial charge in [-0.05, 0) is 53.8 Å². The van der Waals surface area contributed by atoms with Crippen molar-refractivity contribution in [2.75, 3.05) is 28.7 Å². The van der Waals surface area contributed by atoms with Crippen molar-refractivity contribution in [3.05, 3.63) is 115 Å². The van der Waals surface area contributed by atoms with E-state index in [0.717, 1.165) is 11.4 Å². The number of rotatable bonds is 3. The van der Waals surface area contributed by atoms with Gasteiger partial charge in [0.2, 0.25) is 0 Å². The first-order valence-corrected chi connectivity index (χ1v) is 19.0. The predicted octanol–water partition coefficient (Wildman–Crippen LogP) is 6.62. The van der Waals surface area contributed by atoms with Gasteiger partial charge in [0.25, 0.3) is 0 Å². The van der Waals surface area contributed by atoms with E-state index in [9.17, 15) is 0 Å². The summed E-state index contributed by atoms with van der Waals surface area (Å²) in [5.74, 6) is 1.93. The number of hydrogen-bond donors (Lipinski definition) is 0. The molecule has 0 saturated carbocycles. The first kappa shape index (κ1) is 32.4. The van der Waals surface area contributed by atoms with Gasteiger partial charge in [0.15, 0.2) is 0 Å². The van der Waals surface area contributed by atoms with Crippen LogP contribution >= 0.6 is 0 Å². The van der Waals surface area contributed by atoms with E-state index < -0.39 is 8.07 Å². The fraction of sp³-hybridized carbons (Fsp3) is 0.263. The third-order valence-electron chi connectivity index (χ3n) is 9.76. The Balaban J connectivity index is 0.000000165. The minimum absolute atomic E-state index is 0. The minimum Gasteiger partial charge on any atom is -0.504 e. The van der Waals surface area contributed by atoms with Crippen molar-refractivity contribution < 1.29 is 20.1 Å². The van der Waals surface area contributed by atoms with Crippen molar-refractivity contribution in [3.8, 4) is 11.4 Å². The van der Waals surface area contributed by atoms with Crippen LogP contribution in [0.3, 0.4) is 0 Å². The van der Waals surface area contributed by atoms with Gasteiger partial charge in [-0.2, -0.15) is 30.9 Å². The predicted molar refractivity (Wildman–Crippen MR) is 194 cm³/mol. The number of hydrogen-bond acceptors (Lipinski definition) is 4. The number of para-hydroxylation sites is 2. The van der Waals surface area contributed by atoms with Crippen molar-refractivity contribution in [2.45, 2.75) is 52.6 Å². The van der Waals surface area contributed by atoms with Crippen LogP contribution in [0.25, 0.3) is 11.4 Å². The second kappa shape index (κ2) is 12.2. The van der Waals surface area contributed by atoms with Crippen molar-refractivity contribution in [3.63, 3.8) is 0 Å². The van der Waals surface area contributed by atoms with E-state index in [1.807, 2.05) is 18.3 Å². The van der Waals surface area contributed by atoms with Gasteiger partial charge in [-0.25, -0.2) is 0 Å². The first-order chi connectivity index (χ1) is 21.6. The van der Waals surface area contributed by atoms with E-state index in [2.05, 4.69) is 165 Å². The smallest absolute Gasteiger partial charge is 0.504 e. The molecule has 0 atom stereocenters. The van der Waals surface area contributed by atoms with Crippen LogP contribution in [0.2, 0.25) is 13.1 Å². The van der Waals surface area contributed by atoms with Crippen molar-refractivity contribution in [2.24, 2.45) is 0 Å². The number of nitrogens with zero attached hydrogens (tertiary/aromatic N) is 5. The van der Waals surface area contributed by atoms with Crippen LogP contribution in [0.4, 0.5) is 22.7 Å². The molecule has 46 heavy (non-hydrogen) atoms. The second-order valence-electron chi connectivity index (χ2n) is 13.6. The third-order valence-corrected chi connectivity index (χ3v) is 13.3. The van der Waals surface area contributed by atoms with Crippen LogP contribution in [0.15, 0.2) is 85.2 Å². The number of fused-ring (bicyclic) bond motifs is 5. The molecule has 0 unspecified atom stereocenters. The maximum atomic E-state index is 4.66. The molecular weight excluding hydrogens is 758 g/mol. The molecule has 4 heterocycles. The molecule has 0 amide bonds. The van der Waals surface area contributed by atoms with Crippen LogP contribution in [0.5, 0.6) is 0 Å². The van der Waals surface area contributed by atoms with Crippen molar-refractivity contribution >= 4 is 53.6 Å². The molecule has 234 valence electrons. The third kappa shape index (κ3) is 4.97. The molecule has 8 rings (SSSR count). The van der Waals surface area contributed by atoms with Gasteiger partial charge in [-0.15, -0.1) is 35.1 Å². The molecule has 0 spiro atoms. The van der Waals surface area contributed by atoms with E-state index in [1.54, 1.807) is 0 Å². The largest absolute Gasteiger partial charge is 3.00 e. The summed E-state index contributed by atoms with van der Waals surface area (Å²) in [6, 6.07) is 32.9. The Kier molecular flexibility index (Phi) is 8.60. The molecule has 3 aliphatic heterocycles. The van der Waals surface area contributed by atoms with E-state index >= 15 is 0 Å². The molecule has 0 bridgehead atoms. The van der Waals surface area contributed by atoms with E-state index in [-0.39, 0.29) is 27.1 Å². The number of imidazole rings is 1. The average molecular weight is 799 g/mol. The van der Waals surface area contributed by atoms with Crippen LogP contribution in [-0.2, 0) is 20.1 Å². The topological polar surface area (TPSA) is 27.5 Å². The fourth-order valence-corrected chi connectivity index (χ4v) is 10.4. The fourth-order valence-electron chi connectivity index (χ4n) is 7.48. The van der Waals surface area contributed by atoms with E-state index in [1.165, 1.54) is 49.7 Å². The van der Waals surface area contributed by atoms with Crippen molar-refractivity contribution in [1.29, 1.82) is 0 Å². The Bertz CT molecular complexity index is 1870. The molecular formula is C38H41BIrN5Si. The van der Waals surface area contributed by atoms with Gasteiger partial charge >= 0.3 is 27.1 Å². The van der Waals surface area contributed by atoms with Crippen LogP contribution in [-0.4, -0.2) is 38.6 Å². The Morgan fingerprint density at radius 1 is 0.804 bits per heavy atom. The number of aromatic nitrogens is 2. The molecule has 8 heteroatoms. The first-order valence-electron chi connectivity index (χ1n) is 16.0. The maximum absolute atomic E-state index is 4.66. The summed E-state index contributed by atoms with van der Waals surface area (Å²) in [6.07, 6.45) is 4.00. The molecule has 5 aromatic rings. The molecule has 4 aromatic carbocycles. The van der Waals surface area contributed by atoms with Gasteiger partial charge in [0.05, 0.1) is 8.07 Å². The summed E-state index contributed by atoms with van der Waals surface area (Å²) >= 11 is 0. The number of benzene rings is 4. The van der Waals surface area contributed by atoms with Gasteiger partial charge < -0.3 is 19.1 Å². The molecule has 5 nitrogen and oxygen atoms in total. The van der Waals surface area contributed by atoms with Crippen molar-refractivity contribution in [1.82, 2.24) is 9.46 Å². The number of anilines is 4. The normalized spacial score (nSPS) is 15.1. The zero-order valence-corrected chi connectivity index (χ0v) is 31.4. The standard InChI is InChI=1S/C22H25BN3.C16H16N2Si.Ir/c1-15(2)17-10-8-11-18(16(3)4)21(17)23-25(5)20-12-7-6-9-19(20)22-24-13-14-26(22)23;1-17-11-18-12-7-4-5-9-14(12)19(2,3)15-10-6-8-13(17)16(15)18;/h6-8,10-16H,1-5H3;4-6,8-11H,1-3H3;/q-1;-2;+3. The van der Waals surface area contributed by atoms with E-state index in [0.29, 0.717) is 11.8 Å². The Labute approximate surface area is 289 Å². The second-order valence-corrected chi connectivity index (χ2v) is 17.9. The minimum atomic E-state index is -1.61. The van der Waals surface area contributed by atoms with E-state index in [4.69, 9.17) is 0 Å². The SMILES string of the molecule is CC(C)c1cccc(C(C)C)c1B1N(C)c2ccc[c-]c2-c2nccn21.CN1[CH-]N2c3[c-]cccc3[Si](C)(C)c3cccc1c32.[Ir+3]. The zero-order valence-electron chi connectivity index (χ0n) is 28.0. The summed E-state index contributed by atoms with van der Waals surface area (Å²) in [5, 5.41) is 3.00. The Morgan fingerprint density at radius 2 is 1.43 bits per heavy atom. The molecule has 0 fully saturated rings. The van der Waals surface area contributed by atoms with Crippen LogP contribution in [0, 0.1) is 18.8 Å². The van der Waals surface area contributed by atoms with Gasteiger partial charge in [-0.3, -0.25) is 4.98 Å². The zero-order chi connectivity index (χ0) is 31.6. The molecule has 0 radical (unpaired) electrons. The Hall–Kier alpha value is -3.58. The summed E-state index contributed by atoms with van der Waals surface area (Å²) in [7, 11) is 2.68. The molecule has 1 aromatic heterocycles. The van der Waals surface area contributed by atoms with Crippen LogP contribution < -0.4 is 30.4 Å². The molecule has 3 aliphatic rings. The molecule has 0 saturated heterocycles. The Morgan fingerprint density at radius 3 is 2.15 bits per heavy atom. The quantitative estimate of drug-likeness (QED) is 0.152. The summed E-state index contributed by atoms with van der Waals surface area (Å²) in [5.41, 5.74) is 10.4. The molecule has 0 N–H and O–H groups in total. The maximum Gasteiger partial charge on any atom is 3.00 e. The van der Waals surface area contributed by atoms with Gasteiger partial charge in [0, 0.05) is 29.6 Å². The molecule has 0 aliphatic carbocycles. The summed E-state index contributed by atoms with van der Waals surface area (Å²) < 4.78 is 2.30.